The molecule has 2 fully saturated rings. The summed E-state index contributed by atoms with van der Waals surface area (Å²) in [6.45, 7) is 7.31. The number of benzene rings is 3. The van der Waals surface area contributed by atoms with E-state index in [1.54, 1.807) is 35.2 Å². The van der Waals surface area contributed by atoms with Crippen LogP contribution in [-0.4, -0.2) is 80.1 Å². The van der Waals surface area contributed by atoms with Gasteiger partial charge in [0.05, 0.1) is 23.4 Å². The molecule has 13 nitrogen and oxygen atoms in total. The number of aromatic nitrogens is 7. The van der Waals surface area contributed by atoms with Gasteiger partial charge in [0, 0.05) is 54.2 Å². The van der Waals surface area contributed by atoms with Crippen molar-refractivity contribution in [3.8, 4) is 11.4 Å². The summed E-state index contributed by atoms with van der Waals surface area (Å²) in [4.78, 5) is 17.2. The molecule has 1 unspecified atom stereocenters. The lowest BCUT2D eigenvalue weighted by Crippen LogP contribution is -2.46. The van der Waals surface area contributed by atoms with Gasteiger partial charge >= 0.3 is 5.69 Å². The van der Waals surface area contributed by atoms with Gasteiger partial charge in [-0.05, 0) is 72.3 Å². The van der Waals surface area contributed by atoms with Crippen molar-refractivity contribution in [3.05, 3.63) is 105 Å². The Morgan fingerprint density at radius 1 is 0.980 bits per heavy atom. The predicted octanol–water partition coefficient (Wildman–Crippen LogP) is 5.11. The molecule has 5 aromatic rings. The van der Waals surface area contributed by atoms with Crippen molar-refractivity contribution >= 4 is 34.6 Å². The fourth-order valence-corrected chi connectivity index (χ4v) is 6.78. The predicted molar refractivity (Wildman–Crippen MR) is 186 cm³/mol. The topological polar surface area (TPSA) is 118 Å². The van der Waals surface area contributed by atoms with Gasteiger partial charge in [0.15, 0.2) is 11.6 Å². The Morgan fingerprint density at radius 3 is 2.38 bits per heavy atom. The first-order valence-electron chi connectivity index (χ1n) is 16.4. The Bertz CT molecular complexity index is 1980. The molecule has 262 valence electrons. The van der Waals surface area contributed by atoms with E-state index in [0.717, 1.165) is 36.6 Å². The molecule has 50 heavy (non-hydrogen) atoms. The number of hydrogen-bond acceptors (Lipinski definition) is 10. The third kappa shape index (κ3) is 6.93. The Labute approximate surface area is 297 Å². The third-order valence-electron chi connectivity index (χ3n) is 9.14. The van der Waals surface area contributed by atoms with Crippen molar-refractivity contribution in [2.24, 2.45) is 0 Å². The molecule has 7 rings (SSSR count). The van der Waals surface area contributed by atoms with Gasteiger partial charge < -0.3 is 24.0 Å². The quantitative estimate of drug-likeness (QED) is 0.182. The lowest BCUT2D eigenvalue weighted by molar-refractivity contribution is -0.190. The molecule has 2 aromatic heterocycles. The highest BCUT2D eigenvalue weighted by Crippen LogP contribution is 2.40. The number of ether oxygens (including phenoxy) is 3. The van der Waals surface area contributed by atoms with E-state index in [1.807, 2.05) is 44.2 Å². The van der Waals surface area contributed by atoms with Crippen LogP contribution in [0.2, 0.25) is 10.0 Å². The third-order valence-corrected chi connectivity index (χ3v) is 9.69. The van der Waals surface area contributed by atoms with Crippen LogP contribution < -0.4 is 20.2 Å². The second-order valence-electron chi connectivity index (χ2n) is 12.3. The van der Waals surface area contributed by atoms with Gasteiger partial charge in [0.25, 0.3) is 0 Å². The Hall–Kier alpha value is -4.50. The minimum absolute atomic E-state index is 0.0383. The molecule has 0 N–H and O–H groups in total. The standard InChI is InChI=1S/C34H36Cl2FN9O4/c1-3-23(2)46-33(47)45(22-39-46)26-7-5-25(6-8-26)42-12-14-43(15-13-42)27-9-11-32(31(37)17-27)48-18-28-19-49-34(50-28,20-44-21-38-40-41-44)29-10-4-24(35)16-30(29)36/h4-11,16-17,21-23,28H,3,12-15,18-20H2,1-2H3/t23?,28-,34-/m1/s1. The second-order valence-corrected chi connectivity index (χ2v) is 13.2. The van der Waals surface area contributed by atoms with Crippen LogP contribution in [0.1, 0.15) is 31.9 Å². The van der Waals surface area contributed by atoms with Gasteiger partial charge in [0.1, 0.15) is 31.9 Å². The fraction of sp³-hybridized carbons (Fsp3) is 0.382. The van der Waals surface area contributed by atoms with Crippen LogP contribution in [0.25, 0.3) is 5.69 Å². The van der Waals surface area contributed by atoms with Gasteiger partial charge in [-0.15, -0.1) is 5.10 Å². The molecule has 16 heteroatoms. The summed E-state index contributed by atoms with van der Waals surface area (Å²) < 4.78 is 38.3. The lowest BCUT2D eigenvalue weighted by atomic mass is 10.1. The summed E-state index contributed by atoms with van der Waals surface area (Å²) in [5.41, 5.74) is 3.02. The minimum Gasteiger partial charge on any atom is -0.488 e. The van der Waals surface area contributed by atoms with Crippen LogP contribution in [0, 0.1) is 5.82 Å². The molecule has 2 aliphatic heterocycles. The van der Waals surface area contributed by atoms with Gasteiger partial charge in [-0.25, -0.2) is 23.1 Å². The first-order chi connectivity index (χ1) is 24.2. The smallest absolute Gasteiger partial charge is 0.350 e. The molecule has 0 saturated carbocycles. The summed E-state index contributed by atoms with van der Waals surface area (Å²) in [5.74, 6) is -1.64. The van der Waals surface area contributed by atoms with E-state index in [0.29, 0.717) is 28.7 Å². The average Bonchev–Trinajstić information content (AvgIpc) is 3.89. The molecule has 0 spiro atoms. The molecular weight excluding hydrogens is 688 g/mol. The van der Waals surface area contributed by atoms with Crippen LogP contribution in [-0.2, 0) is 21.8 Å². The van der Waals surface area contributed by atoms with E-state index in [-0.39, 0.29) is 37.2 Å². The molecule has 3 aromatic carbocycles. The average molecular weight is 725 g/mol. The highest BCUT2D eigenvalue weighted by Gasteiger charge is 2.46. The van der Waals surface area contributed by atoms with E-state index in [2.05, 4.69) is 30.4 Å². The number of piperazine rings is 1. The summed E-state index contributed by atoms with van der Waals surface area (Å²) in [6, 6.07) is 18.0. The number of hydrogen-bond donors (Lipinski definition) is 0. The summed E-state index contributed by atoms with van der Waals surface area (Å²) in [5, 5.41) is 16.4. The van der Waals surface area contributed by atoms with Crippen molar-refractivity contribution in [1.29, 1.82) is 0 Å². The SMILES string of the molecule is CCC(C)n1ncn(-c2ccc(N3CCN(c4ccc(OC[C@@H]5CO[C@@](Cn6cnnn6)(c6ccc(Cl)cc6Cl)O5)c(F)c4)CC3)cc2)c1=O. The molecule has 0 bridgehead atoms. The number of tetrazole rings is 1. The molecule has 0 aliphatic carbocycles. The largest absolute Gasteiger partial charge is 0.488 e. The van der Waals surface area contributed by atoms with Gasteiger partial charge in [0.2, 0.25) is 5.79 Å². The number of halogens is 3. The summed E-state index contributed by atoms with van der Waals surface area (Å²) >= 11 is 12.7. The van der Waals surface area contributed by atoms with Gasteiger partial charge in [-0.2, -0.15) is 5.10 Å². The van der Waals surface area contributed by atoms with Crippen molar-refractivity contribution in [3.63, 3.8) is 0 Å². The normalized spacial score (nSPS) is 20.0. The maximum Gasteiger partial charge on any atom is 0.350 e. The number of nitrogens with zero attached hydrogens (tertiary/aromatic N) is 9. The highest BCUT2D eigenvalue weighted by atomic mass is 35.5. The van der Waals surface area contributed by atoms with Crippen molar-refractivity contribution < 1.29 is 18.6 Å². The zero-order valence-corrected chi connectivity index (χ0v) is 29.0. The Morgan fingerprint density at radius 2 is 1.70 bits per heavy atom. The molecule has 4 heterocycles. The summed E-state index contributed by atoms with van der Waals surface area (Å²) in [7, 11) is 0. The maximum atomic E-state index is 15.3. The Kier molecular flexibility index (Phi) is 9.78. The van der Waals surface area contributed by atoms with Crippen molar-refractivity contribution in [1.82, 2.24) is 34.6 Å². The van der Waals surface area contributed by atoms with Crippen LogP contribution in [0.5, 0.6) is 5.75 Å². The molecule has 0 radical (unpaired) electrons. The zero-order chi connectivity index (χ0) is 34.8. The van der Waals surface area contributed by atoms with Crippen molar-refractivity contribution in [2.75, 3.05) is 49.2 Å². The molecular formula is C34H36Cl2FN9O4. The van der Waals surface area contributed by atoms with E-state index in [1.165, 1.54) is 21.8 Å². The molecule has 3 atom stereocenters. The molecule has 0 amide bonds. The van der Waals surface area contributed by atoms with E-state index < -0.39 is 17.7 Å². The van der Waals surface area contributed by atoms with Gasteiger partial charge in [-0.1, -0.05) is 36.2 Å². The summed E-state index contributed by atoms with van der Waals surface area (Å²) in [6.07, 6.45) is 3.32. The zero-order valence-electron chi connectivity index (χ0n) is 27.5. The fourth-order valence-electron chi connectivity index (χ4n) is 6.22. The van der Waals surface area contributed by atoms with Crippen LogP contribution in [0.3, 0.4) is 0 Å². The lowest BCUT2D eigenvalue weighted by Gasteiger charge is -2.37. The maximum absolute atomic E-state index is 15.3. The van der Waals surface area contributed by atoms with E-state index >= 15 is 4.39 Å². The number of anilines is 2. The molecule has 2 saturated heterocycles. The van der Waals surface area contributed by atoms with Crippen LogP contribution >= 0.6 is 23.2 Å². The highest BCUT2D eigenvalue weighted by molar-refractivity contribution is 6.35. The monoisotopic (exact) mass is 723 g/mol. The Balaban J connectivity index is 0.947. The van der Waals surface area contributed by atoms with E-state index in [4.69, 9.17) is 37.4 Å². The first-order valence-corrected chi connectivity index (χ1v) is 17.2. The van der Waals surface area contributed by atoms with Crippen LogP contribution in [0.15, 0.2) is 78.1 Å². The number of rotatable bonds is 11. The minimum atomic E-state index is -1.30. The first kappa shape index (κ1) is 34.0. The molecule has 2 aliphatic rings. The van der Waals surface area contributed by atoms with Gasteiger partial charge in [-0.3, -0.25) is 0 Å². The van der Waals surface area contributed by atoms with Crippen LogP contribution in [0.4, 0.5) is 15.8 Å². The van der Waals surface area contributed by atoms with E-state index in [9.17, 15) is 4.79 Å². The van der Waals surface area contributed by atoms with Crippen molar-refractivity contribution in [2.45, 2.75) is 44.7 Å². The second kappa shape index (κ2) is 14.4.